The molecule has 1 heterocycles. The number of hydrogen-bond acceptors (Lipinski definition) is 4. The molecule has 1 aromatic carbocycles. The molecule has 5 nitrogen and oxygen atoms in total. The number of nitrogens with one attached hydrogen (secondary N) is 1. The number of nitrogens with zero attached hydrogens (tertiary/aromatic N) is 1. The lowest BCUT2D eigenvalue weighted by Gasteiger charge is -2.07. The quantitative estimate of drug-likeness (QED) is 0.869. The molecule has 0 aliphatic rings. The topological polar surface area (TPSA) is 68.3 Å². The predicted molar refractivity (Wildman–Crippen MR) is 83.2 cm³/mol. The molecule has 0 radical (unpaired) electrons. The van der Waals surface area contributed by atoms with Crippen molar-refractivity contribution in [3.05, 3.63) is 63.4 Å². The maximum absolute atomic E-state index is 12.1. The Kier molecular flexibility index (Phi) is 5.35. The zero-order chi connectivity index (χ0) is 16.1. The summed E-state index contributed by atoms with van der Waals surface area (Å²) in [5.41, 5.74) is 1.21. The Labute approximate surface area is 137 Å². The molecule has 1 amide bonds. The number of amides is 1. The number of methoxy groups -OCH3 is 1. The highest BCUT2D eigenvalue weighted by Gasteiger charge is 2.11. The summed E-state index contributed by atoms with van der Waals surface area (Å²) in [7, 11) is 1.30. The van der Waals surface area contributed by atoms with E-state index in [2.05, 4.69) is 15.0 Å². The second kappa shape index (κ2) is 7.24. The van der Waals surface area contributed by atoms with Crippen molar-refractivity contribution in [1.29, 1.82) is 0 Å². The van der Waals surface area contributed by atoms with Gasteiger partial charge in [0, 0.05) is 11.2 Å². The predicted octanol–water partition coefficient (Wildman–Crippen LogP) is 3.11. The van der Waals surface area contributed by atoms with E-state index >= 15 is 0 Å². The summed E-state index contributed by atoms with van der Waals surface area (Å²) < 4.78 is 4.63. The number of rotatable bonds is 4. The molecule has 2 rings (SSSR count). The lowest BCUT2D eigenvalue weighted by molar-refractivity contribution is 0.0600. The van der Waals surface area contributed by atoms with E-state index in [0.29, 0.717) is 21.8 Å². The number of aromatic nitrogens is 1. The third kappa shape index (κ3) is 3.96. The summed E-state index contributed by atoms with van der Waals surface area (Å²) in [5.74, 6) is -0.817. The van der Waals surface area contributed by atoms with Crippen molar-refractivity contribution in [1.82, 2.24) is 10.3 Å². The van der Waals surface area contributed by atoms with E-state index in [9.17, 15) is 9.59 Å². The third-order valence-electron chi connectivity index (χ3n) is 2.84. The molecular weight excluding hydrogens is 327 g/mol. The molecule has 0 aliphatic heterocycles. The summed E-state index contributed by atoms with van der Waals surface area (Å²) in [4.78, 5) is 27.6. The Balaban J connectivity index is 2.06. The molecule has 0 spiro atoms. The van der Waals surface area contributed by atoms with Crippen LogP contribution in [0.3, 0.4) is 0 Å². The molecule has 7 heteroatoms. The van der Waals surface area contributed by atoms with Gasteiger partial charge in [0.25, 0.3) is 5.91 Å². The van der Waals surface area contributed by atoms with Gasteiger partial charge in [-0.25, -0.2) is 4.79 Å². The fourth-order valence-electron chi connectivity index (χ4n) is 1.76. The molecule has 0 fully saturated rings. The van der Waals surface area contributed by atoms with Gasteiger partial charge in [0.05, 0.1) is 35.5 Å². The standard InChI is InChI=1S/C15H12Cl2N2O3/c1-22-15(21)9-4-5-18-11(6-9)8-19-14(20)12-3-2-10(16)7-13(12)17/h2-7H,8H2,1H3,(H,19,20). The highest BCUT2D eigenvalue weighted by molar-refractivity contribution is 6.36. The van der Waals surface area contributed by atoms with Crippen LogP contribution in [0.4, 0.5) is 0 Å². The van der Waals surface area contributed by atoms with Crippen LogP contribution in [0.2, 0.25) is 10.0 Å². The van der Waals surface area contributed by atoms with Crippen molar-refractivity contribution in [3.8, 4) is 0 Å². The van der Waals surface area contributed by atoms with Gasteiger partial charge < -0.3 is 10.1 Å². The molecule has 114 valence electrons. The largest absolute Gasteiger partial charge is 0.465 e. The van der Waals surface area contributed by atoms with Gasteiger partial charge in [-0.2, -0.15) is 0 Å². The molecule has 0 aliphatic carbocycles. The van der Waals surface area contributed by atoms with Gasteiger partial charge in [-0.15, -0.1) is 0 Å². The maximum atomic E-state index is 12.1. The van der Waals surface area contributed by atoms with Gasteiger partial charge in [0.2, 0.25) is 0 Å². The SMILES string of the molecule is COC(=O)c1ccnc(CNC(=O)c2ccc(Cl)cc2Cl)c1. The minimum Gasteiger partial charge on any atom is -0.465 e. The number of benzene rings is 1. The average molecular weight is 339 g/mol. The monoisotopic (exact) mass is 338 g/mol. The highest BCUT2D eigenvalue weighted by Crippen LogP contribution is 2.20. The van der Waals surface area contributed by atoms with Crippen LogP contribution in [-0.4, -0.2) is 24.0 Å². The molecule has 2 aromatic rings. The van der Waals surface area contributed by atoms with Crippen molar-refractivity contribution < 1.29 is 14.3 Å². The second-order valence-corrected chi connectivity index (χ2v) is 5.18. The lowest BCUT2D eigenvalue weighted by Crippen LogP contribution is -2.23. The molecule has 22 heavy (non-hydrogen) atoms. The summed E-state index contributed by atoms with van der Waals surface area (Å²) >= 11 is 11.8. The van der Waals surface area contributed by atoms with E-state index in [0.717, 1.165) is 0 Å². The molecular formula is C15H12Cl2N2O3. The lowest BCUT2D eigenvalue weighted by atomic mass is 10.2. The molecule has 0 saturated heterocycles. The maximum Gasteiger partial charge on any atom is 0.337 e. The molecule has 0 unspecified atom stereocenters. The zero-order valence-electron chi connectivity index (χ0n) is 11.6. The average Bonchev–Trinajstić information content (AvgIpc) is 2.52. The van der Waals surface area contributed by atoms with Crippen molar-refractivity contribution in [2.75, 3.05) is 7.11 Å². The van der Waals surface area contributed by atoms with Crippen molar-refractivity contribution in [2.45, 2.75) is 6.54 Å². The first-order valence-electron chi connectivity index (χ1n) is 6.27. The molecule has 1 aromatic heterocycles. The second-order valence-electron chi connectivity index (χ2n) is 4.33. The Morgan fingerprint density at radius 3 is 2.68 bits per heavy atom. The highest BCUT2D eigenvalue weighted by atomic mass is 35.5. The Hall–Kier alpha value is -2.11. The molecule has 0 atom stereocenters. The smallest absolute Gasteiger partial charge is 0.337 e. The van der Waals surface area contributed by atoms with E-state index in [4.69, 9.17) is 23.2 Å². The first-order valence-corrected chi connectivity index (χ1v) is 7.03. The first kappa shape index (κ1) is 16.3. The number of ether oxygens (including phenoxy) is 1. The van der Waals surface area contributed by atoms with Crippen LogP contribution >= 0.6 is 23.2 Å². The number of carbonyl (C=O) groups excluding carboxylic acids is 2. The minimum absolute atomic E-state index is 0.155. The van der Waals surface area contributed by atoms with Gasteiger partial charge in [0.15, 0.2) is 0 Å². The van der Waals surface area contributed by atoms with Crippen molar-refractivity contribution in [3.63, 3.8) is 0 Å². The van der Waals surface area contributed by atoms with Crippen LogP contribution in [0, 0.1) is 0 Å². The van der Waals surface area contributed by atoms with Crippen LogP contribution in [0.5, 0.6) is 0 Å². The van der Waals surface area contributed by atoms with Gasteiger partial charge in [-0.3, -0.25) is 9.78 Å². The van der Waals surface area contributed by atoms with Crippen LogP contribution in [0.25, 0.3) is 0 Å². The number of pyridine rings is 1. The van der Waals surface area contributed by atoms with Gasteiger partial charge in [-0.05, 0) is 30.3 Å². The first-order chi connectivity index (χ1) is 10.5. The summed E-state index contributed by atoms with van der Waals surface area (Å²) in [6, 6.07) is 7.70. The Morgan fingerprint density at radius 2 is 2.00 bits per heavy atom. The third-order valence-corrected chi connectivity index (χ3v) is 3.39. The van der Waals surface area contributed by atoms with E-state index in [-0.39, 0.29) is 17.5 Å². The number of halogens is 2. The normalized spacial score (nSPS) is 10.1. The van der Waals surface area contributed by atoms with Gasteiger partial charge in [-0.1, -0.05) is 23.2 Å². The molecule has 0 saturated carbocycles. The fraction of sp³-hybridized carbons (Fsp3) is 0.133. The summed E-state index contributed by atoms with van der Waals surface area (Å²) in [5, 5.41) is 3.40. The van der Waals surface area contributed by atoms with Crippen LogP contribution in [0.1, 0.15) is 26.4 Å². The van der Waals surface area contributed by atoms with Crippen molar-refractivity contribution >= 4 is 35.1 Å². The van der Waals surface area contributed by atoms with Crippen molar-refractivity contribution in [2.24, 2.45) is 0 Å². The minimum atomic E-state index is -0.462. The Morgan fingerprint density at radius 1 is 1.23 bits per heavy atom. The van der Waals surface area contributed by atoms with E-state index in [1.807, 2.05) is 0 Å². The number of esters is 1. The fourth-order valence-corrected chi connectivity index (χ4v) is 2.25. The van der Waals surface area contributed by atoms with Gasteiger partial charge in [0.1, 0.15) is 0 Å². The van der Waals surface area contributed by atoms with Crippen LogP contribution in [-0.2, 0) is 11.3 Å². The molecule has 0 bridgehead atoms. The number of hydrogen-bond donors (Lipinski definition) is 1. The summed E-state index contributed by atoms with van der Waals surface area (Å²) in [6.07, 6.45) is 1.48. The van der Waals surface area contributed by atoms with E-state index in [1.165, 1.54) is 31.5 Å². The Bertz CT molecular complexity index is 720. The molecule has 1 N–H and O–H groups in total. The van der Waals surface area contributed by atoms with E-state index in [1.54, 1.807) is 12.1 Å². The number of carbonyl (C=O) groups is 2. The van der Waals surface area contributed by atoms with Gasteiger partial charge >= 0.3 is 5.97 Å². The van der Waals surface area contributed by atoms with E-state index < -0.39 is 5.97 Å². The summed E-state index contributed by atoms with van der Waals surface area (Å²) in [6.45, 7) is 0.155. The van der Waals surface area contributed by atoms with Crippen LogP contribution < -0.4 is 5.32 Å². The zero-order valence-corrected chi connectivity index (χ0v) is 13.1. The van der Waals surface area contributed by atoms with Crippen LogP contribution in [0.15, 0.2) is 36.5 Å².